The number of aliphatic hydroxyl groups is 1. The molecule has 1 rings (SSSR count). The first-order valence-electron chi connectivity index (χ1n) is 9.75. The average molecular weight is 345 g/mol. The van der Waals surface area contributed by atoms with Crippen LogP contribution in [0.3, 0.4) is 0 Å². The summed E-state index contributed by atoms with van der Waals surface area (Å²) in [5, 5.41) is 7.69. The number of unbranched alkanes of at least 4 members (excludes halogenated alkanes) is 7. The van der Waals surface area contributed by atoms with Crippen LogP contribution in [0.4, 0.5) is 0 Å². The van der Waals surface area contributed by atoms with Gasteiger partial charge in [0.05, 0.1) is 25.1 Å². The van der Waals surface area contributed by atoms with Gasteiger partial charge in [-0.15, -0.1) is 0 Å². The van der Waals surface area contributed by atoms with Gasteiger partial charge in [0, 0.05) is 26.7 Å². The number of rotatable bonds is 12. The molecule has 2 unspecified atom stereocenters. The molecule has 2 atom stereocenters. The molecule has 1 heterocycles. The van der Waals surface area contributed by atoms with Gasteiger partial charge in [-0.05, 0) is 19.8 Å². The quantitative estimate of drug-likeness (QED) is 0.379. The molecule has 144 valence electrons. The van der Waals surface area contributed by atoms with Crippen molar-refractivity contribution in [3.8, 4) is 0 Å². The van der Waals surface area contributed by atoms with Crippen LogP contribution < -0.4 is 0 Å². The second kappa shape index (κ2) is 18.8. The Morgan fingerprint density at radius 3 is 2.29 bits per heavy atom. The summed E-state index contributed by atoms with van der Waals surface area (Å²) >= 11 is 0. The minimum atomic E-state index is 0.234. The van der Waals surface area contributed by atoms with Crippen molar-refractivity contribution in [2.24, 2.45) is 0 Å². The van der Waals surface area contributed by atoms with Gasteiger partial charge in [0.25, 0.3) is 0 Å². The predicted octanol–water partition coefficient (Wildman–Crippen LogP) is 5.42. The Bertz CT molecular complexity index is 262. The maximum absolute atomic E-state index is 7.69. The van der Waals surface area contributed by atoms with Gasteiger partial charge in [0.1, 0.15) is 0 Å². The van der Waals surface area contributed by atoms with E-state index in [-0.39, 0.29) is 6.10 Å². The maximum atomic E-state index is 7.69. The molecule has 4 nitrogen and oxygen atoms in total. The summed E-state index contributed by atoms with van der Waals surface area (Å²) in [6.45, 7) is 6.44. The SMILES string of the molecule is C/C=C\O.CCCCCCCCCCOC1CCOC(COC)C1. The van der Waals surface area contributed by atoms with E-state index in [1.165, 1.54) is 51.4 Å². The number of hydrogen-bond acceptors (Lipinski definition) is 4. The Labute approximate surface area is 149 Å². The normalized spacial score (nSPS) is 20.8. The van der Waals surface area contributed by atoms with Gasteiger partial charge >= 0.3 is 0 Å². The topological polar surface area (TPSA) is 47.9 Å². The van der Waals surface area contributed by atoms with Crippen LogP contribution in [0.5, 0.6) is 0 Å². The van der Waals surface area contributed by atoms with Crippen LogP contribution in [-0.2, 0) is 14.2 Å². The van der Waals surface area contributed by atoms with Crippen LogP contribution in [0.15, 0.2) is 12.3 Å². The van der Waals surface area contributed by atoms with E-state index in [4.69, 9.17) is 19.3 Å². The van der Waals surface area contributed by atoms with Crippen molar-refractivity contribution in [1.82, 2.24) is 0 Å². The van der Waals surface area contributed by atoms with Crippen molar-refractivity contribution in [1.29, 1.82) is 0 Å². The van der Waals surface area contributed by atoms with E-state index in [0.29, 0.717) is 12.7 Å². The first-order valence-corrected chi connectivity index (χ1v) is 9.75. The molecule has 0 radical (unpaired) electrons. The molecule has 1 N–H and O–H groups in total. The monoisotopic (exact) mass is 344 g/mol. The fourth-order valence-electron chi connectivity index (χ4n) is 2.78. The van der Waals surface area contributed by atoms with Crippen LogP contribution in [0, 0.1) is 0 Å². The third-order valence-electron chi connectivity index (χ3n) is 4.17. The Hall–Kier alpha value is -0.580. The highest BCUT2D eigenvalue weighted by molar-refractivity contribution is 4.71. The molecule has 1 saturated heterocycles. The Kier molecular flexibility index (Phi) is 18.3. The summed E-state index contributed by atoms with van der Waals surface area (Å²) in [6, 6.07) is 0. The van der Waals surface area contributed by atoms with E-state index in [2.05, 4.69) is 6.92 Å². The fourth-order valence-corrected chi connectivity index (χ4v) is 2.78. The van der Waals surface area contributed by atoms with E-state index in [9.17, 15) is 0 Å². The van der Waals surface area contributed by atoms with Crippen LogP contribution in [-0.4, -0.2) is 44.2 Å². The summed E-state index contributed by atoms with van der Waals surface area (Å²) in [5.41, 5.74) is 0. The summed E-state index contributed by atoms with van der Waals surface area (Å²) in [4.78, 5) is 0. The highest BCUT2D eigenvalue weighted by Gasteiger charge is 2.22. The van der Waals surface area contributed by atoms with Crippen LogP contribution in [0.25, 0.3) is 0 Å². The van der Waals surface area contributed by atoms with E-state index in [0.717, 1.165) is 32.3 Å². The molecular weight excluding hydrogens is 304 g/mol. The Morgan fingerprint density at radius 1 is 1.08 bits per heavy atom. The minimum Gasteiger partial charge on any atom is -0.516 e. The number of aliphatic hydroxyl groups excluding tert-OH is 1. The predicted molar refractivity (Wildman–Crippen MR) is 101 cm³/mol. The molecular formula is C20H40O4. The molecule has 1 aliphatic rings. The van der Waals surface area contributed by atoms with Gasteiger partial charge in [-0.3, -0.25) is 0 Å². The van der Waals surface area contributed by atoms with Gasteiger partial charge in [0.2, 0.25) is 0 Å². The van der Waals surface area contributed by atoms with E-state index in [1.54, 1.807) is 20.1 Å². The van der Waals surface area contributed by atoms with Crippen molar-refractivity contribution in [2.75, 3.05) is 26.9 Å². The van der Waals surface area contributed by atoms with Crippen molar-refractivity contribution in [2.45, 2.75) is 90.3 Å². The summed E-state index contributed by atoms with van der Waals surface area (Å²) < 4.78 is 16.8. The van der Waals surface area contributed by atoms with Gasteiger partial charge in [0.15, 0.2) is 0 Å². The second-order valence-corrected chi connectivity index (χ2v) is 6.42. The van der Waals surface area contributed by atoms with Crippen LogP contribution in [0.2, 0.25) is 0 Å². The summed E-state index contributed by atoms with van der Waals surface area (Å²) in [7, 11) is 1.73. The lowest BCUT2D eigenvalue weighted by Gasteiger charge is -2.29. The number of hydrogen-bond donors (Lipinski definition) is 1. The van der Waals surface area contributed by atoms with E-state index in [1.807, 2.05) is 0 Å². The van der Waals surface area contributed by atoms with Crippen molar-refractivity contribution in [3.63, 3.8) is 0 Å². The average Bonchev–Trinajstić information content (AvgIpc) is 2.61. The standard InChI is InChI=1S/C17H34O3.C3H6O/c1-3-4-5-6-7-8-9-10-12-19-16-11-13-20-17(14-16)15-18-2;1-2-3-4/h16-17H,3-15H2,1-2H3;2-4H,1H3/b;3-2-. The molecule has 0 amide bonds. The Balaban J connectivity index is 0.00000118. The zero-order chi connectivity index (χ0) is 17.9. The molecule has 0 aromatic carbocycles. The van der Waals surface area contributed by atoms with Crippen LogP contribution >= 0.6 is 0 Å². The summed E-state index contributed by atoms with van der Waals surface area (Å²) in [5.74, 6) is 0. The molecule has 0 bridgehead atoms. The zero-order valence-electron chi connectivity index (χ0n) is 16.2. The van der Waals surface area contributed by atoms with Crippen molar-refractivity contribution >= 4 is 0 Å². The van der Waals surface area contributed by atoms with Crippen molar-refractivity contribution < 1.29 is 19.3 Å². The molecule has 0 aromatic heterocycles. The minimum absolute atomic E-state index is 0.234. The first-order chi connectivity index (χ1) is 11.8. The zero-order valence-corrected chi connectivity index (χ0v) is 16.2. The van der Waals surface area contributed by atoms with Gasteiger partial charge in [-0.25, -0.2) is 0 Å². The van der Waals surface area contributed by atoms with Crippen molar-refractivity contribution in [3.05, 3.63) is 12.3 Å². The Morgan fingerprint density at radius 2 is 1.71 bits per heavy atom. The summed E-state index contributed by atoms with van der Waals surface area (Å²) in [6.07, 6.45) is 16.0. The largest absolute Gasteiger partial charge is 0.516 e. The third-order valence-corrected chi connectivity index (χ3v) is 4.17. The van der Waals surface area contributed by atoms with Crippen LogP contribution in [0.1, 0.15) is 78.1 Å². The lowest BCUT2D eigenvalue weighted by Crippen LogP contribution is -2.33. The number of methoxy groups -OCH3 is 1. The second-order valence-electron chi connectivity index (χ2n) is 6.42. The lowest BCUT2D eigenvalue weighted by molar-refractivity contribution is -0.0928. The third kappa shape index (κ3) is 15.0. The fraction of sp³-hybridized carbons (Fsp3) is 0.900. The molecule has 0 spiro atoms. The van der Waals surface area contributed by atoms with E-state index < -0.39 is 0 Å². The van der Waals surface area contributed by atoms with Gasteiger partial charge in [-0.2, -0.15) is 0 Å². The molecule has 0 saturated carbocycles. The number of allylic oxidation sites excluding steroid dienone is 1. The number of ether oxygens (including phenoxy) is 3. The lowest BCUT2D eigenvalue weighted by atomic mass is 10.1. The first kappa shape index (κ1) is 23.4. The smallest absolute Gasteiger partial charge is 0.0833 e. The molecule has 4 heteroatoms. The highest BCUT2D eigenvalue weighted by atomic mass is 16.5. The van der Waals surface area contributed by atoms with Gasteiger partial charge in [-0.1, -0.05) is 57.9 Å². The van der Waals surface area contributed by atoms with E-state index >= 15 is 0 Å². The highest BCUT2D eigenvalue weighted by Crippen LogP contribution is 2.18. The molecule has 0 aliphatic carbocycles. The maximum Gasteiger partial charge on any atom is 0.0833 e. The molecule has 1 fully saturated rings. The van der Waals surface area contributed by atoms with Gasteiger partial charge < -0.3 is 19.3 Å². The molecule has 24 heavy (non-hydrogen) atoms. The molecule has 0 aromatic rings. The molecule has 1 aliphatic heterocycles.